The van der Waals surface area contributed by atoms with Crippen molar-refractivity contribution in [3.63, 3.8) is 0 Å². The first-order valence-corrected chi connectivity index (χ1v) is 21.4. The molecule has 2 fully saturated rings. The largest absolute Gasteiger partial charge is 0.447 e. The van der Waals surface area contributed by atoms with E-state index in [4.69, 9.17) is 27.5 Å². The van der Waals surface area contributed by atoms with Gasteiger partial charge < -0.3 is 38.1 Å². The molecule has 3 unspecified atom stereocenters. The molecule has 0 radical (unpaired) electrons. The van der Waals surface area contributed by atoms with Crippen LogP contribution in [0.2, 0.25) is 31.7 Å². The van der Waals surface area contributed by atoms with Gasteiger partial charge in [-0.15, -0.1) is 0 Å². The van der Waals surface area contributed by atoms with Gasteiger partial charge in [0.1, 0.15) is 13.2 Å². The fourth-order valence-electron chi connectivity index (χ4n) is 4.75. The predicted molar refractivity (Wildman–Crippen MR) is 168 cm³/mol. The monoisotopic (exact) mass is 634 g/mol. The maximum atomic E-state index is 11.8. The first-order chi connectivity index (χ1) is 20.0. The zero-order chi connectivity index (χ0) is 30.8. The molecule has 0 bridgehead atoms. The minimum absolute atomic E-state index is 0.239. The topological polar surface area (TPSA) is 120 Å². The molecule has 2 aliphatic rings. The highest BCUT2D eigenvalue weighted by Crippen LogP contribution is 2.24. The number of carbonyl (C=O) groups excluding carboxylic acids is 2. The number of hydrogen-bond donors (Lipinski definition) is 2. The third kappa shape index (κ3) is 17.8. The van der Waals surface area contributed by atoms with Crippen molar-refractivity contribution in [1.29, 1.82) is 0 Å². The third-order valence-corrected chi connectivity index (χ3v) is 15.3. The molecule has 2 rings (SSSR count). The molecule has 0 aromatic heterocycles. The number of carbonyl (C=O) groups is 2. The van der Waals surface area contributed by atoms with Gasteiger partial charge in [-0.05, 0) is 71.3 Å². The Kier molecular flexibility index (Phi) is 17.5. The Morgan fingerprint density at radius 1 is 0.714 bits per heavy atom. The molecule has 42 heavy (non-hydrogen) atoms. The van der Waals surface area contributed by atoms with Gasteiger partial charge in [0, 0.05) is 71.7 Å². The number of alkyl carbamates (subject to hydrolysis) is 2. The molecule has 2 heterocycles. The standard InChI is InChI=1S/C28H58N4O8Si2/c1-25(31-13-14-31)9-11-29-27(33)38-21-19-36-17-7-23-41(4,5)40-42(6,35-3)24-8-18-37-20-22-39-28(34)30-12-10-26(2)32-15-16-32/h25-26H,7-24H2,1-6H3,(H,29,33)(H,30,34). The van der Waals surface area contributed by atoms with Crippen LogP contribution in [-0.4, -0.2) is 137 Å². The third-order valence-electron chi connectivity index (χ3n) is 7.71. The normalized spacial score (nSPS) is 18.1. The smallest absolute Gasteiger partial charge is 0.407 e. The highest BCUT2D eigenvalue weighted by atomic mass is 28.4. The summed E-state index contributed by atoms with van der Waals surface area (Å²) < 4.78 is 34.2. The van der Waals surface area contributed by atoms with Crippen LogP contribution in [0.25, 0.3) is 0 Å². The lowest BCUT2D eigenvalue weighted by Crippen LogP contribution is -2.48. The minimum atomic E-state index is -2.31. The van der Waals surface area contributed by atoms with Gasteiger partial charge >= 0.3 is 20.7 Å². The van der Waals surface area contributed by atoms with Crippen molar-refractivity contribution in [3.05, 3.63) is 0 Å². The molecule has 0 aromatic carbocycles. The van der Waals surface area contributed by atoms with Gasteiger partial charge in [0.2, 0.25) is 0 Å². The van der Waals surface area contributed by atoms with Crippen LogP contribution in [0.4, 0.5) is 9.59 Å². The van der Waals surface area contributed by atoms with E-state index >= 15 is 0 Å². The van der Waals surface area contributed by atoms with Crippen molar-refractivity contribution in [3.8, 4) is 0 Å². The average Bonchev–Trinajstić information content (AvgIpc) is 3.84. The maximum Gasteiger partial charge on any atom is 0.407 e. The molecule has 2 amide bonds. The van der Waals surface area contributed by atoms with E-state index in [-0.39, 0.29) is 25.4 Å². The first-order valence-electron chi connectivity index (χ1n) is 15.7. The van der Waals surface area contributed by atoms with Crippen LogP contribution in [-0.2, 0) is 27.5 Å². The van der Waals surface area contributed by atoms with Crippen LogP contribution < -0.4 is 10.6 Å². The number of nitrogens with zero attached hydrogens (tertiary/aromatic N) is 2. The van der Waals surface area contributed by atoms with Crippen molar-refractivity contribution in [2.45, 2.75) is 83.3 Å². The van der Waals surface area contributed by atoms with E-state index in [9.17, 15) is 9.59 Å². The van der Waals surface area contributed by atoms with E-state index in [1.807, 2.05) is 0 Å². The Morgan fingerprint density at radius 3 is 1.60 bits per heavy atom. The molecule has 2 aliphatic heterocycles. The van der Waals surface area contributed by atoms with Crippen LogP contribution in [0.3, 0.4) is 0 Å². The molecule has 2 N–H and O–H groups in total. The SMILES string of the molecule is CO[Si](C)(CCCOCCOC(=O)NCCC(C)N1CC1)O[Si](C)(C)CCCOCCOC(=O)NCCC(C)N1CC1. The van der Waals surface area contributed by atoms with E-state index in [2.05, 4.69) is 53.9 Å². The van der Waals surface area contributed by atoms with Crippen LogP contribution in [0.15, 0.2) is 0 Å². The molecule has 0 spiro atoms. The zero-order valence-corrected chi connectivity index (χ0v) is 29.0. The summed E-state index contributed by atoms with van der Waals surface area (Å²) in [5.41, 5.74) is 0. The Hall–Kier alpha value is -1.27. The summed E-state index contributed by atoms with van der Waals surface area (Å²) in [7, 11) is -2.52. The van der Waals surface area contributed by atoms with Crippen molar-refractivity contribution >= 4 is 29.1 Å². The average molecular weight is 635 g/mol. The Balaban J connectivity index is 1.43. The van der Waals surface area contributed by atoms with E-state index in [0.717, 1.165) is 64.0 Å². The van der Waals surface area contributed by atoms with Crippen molar-refractivity contribution in [1.82, 2.24) is 20.4 Å². The van der Waals surface area contributed by atoms with Crippen molar-refractivity contribution < 1.29 is 37.1 Å². The number of rotatable bonds is 25. The van der Waals surface area contributed by atoms with E-state index in [0.29, 0.717) is 51.6 Å². The van der Waals surface area contributed by atoms with Gasteiger partial charge in [-0.2, -0.15) is 0 Å². The Bertz CT molecular complexity index is 776. The van der Waals surface area contributed by atoms with Gasteiger partial charge in [0.25, 0.3) is 0 Å². The lowest BCUT2D eigenvalue weighted by Gasteiger charge is -2.35. The van der Waals surface area contributed by atoms with Crippen LogP contribution in [0.5, 0.6) is 0 Å². The molecule has 0 aromatic rings. The summed E-state index contributed by atoms with van der Waals surface area (Å²) in [4.78, 5) is 28.3. The molecule has 0 aliphatic carbocycles. The van der Waals surface area contributed by atoms with Crippen LogP contribution >= 0.6 is 0 Å². The van der Waals surface area contributed by atoms with E-state index in [1.165, 1.54) is 0 Å². The second kappa shape index (κ2) is 19.9. The second-order valence-electron chi connectivity index (χ2n) is 12.1. The minimum Gasteiger partial charge on any atom is -0.447 e. The van der Waals surface area contributed by atoms with Gasteiger partial charge in [0.15, 0.2) is 8.32 Å². The summed E-state index contributed by atoms with van der Waals surface area (Å²) in [5.74, 6) is 0. The summed E-state index contributed by atoms with van der Waals surface area (Å²) in [6, 6.07) is 2.81. The van der Waals surface area contributed by atoms with Crippen molar-refractivity contribution in [2.75, 3.05) is 86.0 Å². The Labute approximate surface area is 255 Å². The van der Waals surface area contributed by atoms with E-state index < -0.39 is 16.9 Å². The fraction of sp³-hybridized carbons (Fsp3) is 0.929. The molecule has 0 saturated carbocycles. The van der Waals surface area contributed by atoms with E-state index in [1.54, 1.807) is 7.11 Å². The fourth-order valence-corrected chi connectivity index (χ4v) is 12.6. The maximum absolute atomic E-state index is 11.8. The summed E-state index contributed by atoms with van der Waals surface area (Å²) in [5, 5.41) is 5.59. The molecule has 246 valence electrons. The summed E-state index contributed by atoms with van der Waals surface area (Å²) in [6.07, 6.45) is 2.81. The quantitative estimate of drug-likeness (QED) is 0.0879. The summed E-state index contributed by atoms with van der Waals surface area (Å²) in [6.45, 7) is 19.2. The molecular formula is C28H58N4O8Si2. The number of ether oxygens (including phenoxy) is 4. The highest BCUT2D eigenvalue weighted by molar-refractivity contribution is 6.82. The number of nitrogens with one attached hydrogen (secondary N) is 2. The first kappa shape index (κ1) is 36.9. The van der Waals surface area contributed by atoms with Gasteiger partial charge in [-0.25, -0.2) is 9.59 Å². The molecule has 3 atom stereocenters. The predicted octanol–water partition coefficient (Wildman–Crippen LogP) is 3.38. The Morgan fingerprint density at radius 2 is 1.17 bits per heavy atom. The van der Waals surface area contributed by atoms with Crippen molar-refractivity contribution in [2.24, 2.45) is 0 Å². The molecular weight excluding hydrogens is 577 g/mol. The highest BCUT2D eigenvalue weighted by Gasteiger charge is 2.37. The molecule has 14 heteroatoms. The lowest BCUT2D eigenvalue weighted by atomic mass is 10.2. The summed E-state index contributed by atoms with van der Waals surface area (Å²) >= 11 is 0. The number of amides is 2. The second-order valence-corrected chi connectivity index (χ2v) is 20.1. The van der Waals surface area contributed by atoms with Gasteiger partial charge in [-0.1, -0.05) is 0 Å². The molecule has 2 saturated heterocycles. The molecule has 12 nitrogen and oxygen atoms in total. The zero-order valence-electron chi connectivity index (χ0n) is 27.0. The van der Waals surface area contributed by atoms with Crippen LogP contribution in [0, 0.1) is 0 Å². The van der Waals surface area contributed by atoms with Crippen LogP contribution in [0.1, 0.15) is 39.5 Å². The van der Waals surface area contributed by atoms with Gasteiger partial charge in [0.05, 0.1) is 13.2 Å². The van der Waals surface area contributed by atoms with Gasteiger partial charge in [-0.3, -0.25) is 9.80 Å². The number of hydrogen-bond acceptors (Lipinski definition) is 10. The lowest BCUT2D eigenvalue weighted by molar-refractivity contribution is 0.0722.